The molecule has 1 aliphatic rings. The molecule has 1 fully saturated rings. The Morgan fingerprint density at radius 3 is 2.67 bits per heavy atom. The first-order chi connectivity index (χ1) is 9.83. The van der Waals surface area contributed by atoms with Crippen molar-refractivity contribution < 1.29 is 14.7 Å². The summed E-state index contributed by atoms with van der Waals surface area (Å²) in [7, 11) is 0. The first-order valence-electron chi connectivity index (χ1n) is 6.58. The Morgan fingerprint density at radius 1 is 1.38 bits per heavy atom. The van der Waals surface area contributed by atoms with Gasteiger partial charge in [-0.05, 0) is 54.4 Å². The van der Waals surface area contributed by atoms with Crippen molar-refractivity contribution in [1.82, 2.24) is 5.32 Å². The molecular formula is C14H16Br2N2O3. The zero-order valence-corrected chi connectivity index (χ0v) is 14.7. The first-order valence-corrected chi connectivity index (χ1v) is 8.16. The number of piperidine rings is 1. The zero-order chi connectivity index (χ0) is 15.6. The lowest BCUT2D eigenvalue weighted by Crippen LogP contribution is -2.46. The van der Waals surface area contributed by atoms with E-state index in [1.54, 1.807) is 6.07 Å². The van der Waals surface area contributed by atoms with Crippen LogP contribution in [0.25, 0.3) is 0 Å². The number of benzene rings is 1. The van der Waals surface area contributed by atoms with Crippen molar-refractivity contribution >= 4 is 49.4 Å². The third kappa shape index (κ3) is 3.64. The second-order valence-electron chi connectivity index (χ2n) is 5.41. The number of carbonyl (C=O) groups is 2. The highest BCUT2D eigenvalue weighted by atomic mass is 79.9. The highest BCUT2D eigenvalue weighted by molar-refractivity contribution is 9.11. The summed E-state index contributed by atoms with van der Waals surface area (Å²) in [5.74, 6) is -1.25. The predicted molar refractivity (Wildman–Crippen MR) is 87.6 cm³/mol. The van der Waals surface area contributed by atoms with E-state index in [0.717, 1.165) is 19.4 Å². The van der Waals surface area contributed by atoms with Gasteiger partial charge in [-0.15, -0.1) is 0 Å². The van der Waals surface area contributed by atoms with E-state index < -0.39 is 11.4 Å². The number of carboxylic acids is 1. The van der Waals surface area contributed by atoms with Crippen molar-refractivity contribution in [3.63, 3.8) is 0 Å². The zero-order valence-electron chi connectivity index (χ0n) is 11.5. The summed E-state index contributed by atoms with van der Waals surface area (Å²) in [6.07, 6.45) is 1.71. The summed E-state index contributed by atoms with van der Waals surface area (Å²) in [6.45, 7) is 3.39. The SMILES string of the molecule is CC1(C(=O)Nc2c(Br)cc(Br)cc2C(=O)O)CCCNC1. The lowest BCUT2D eigenvalue weighted by atomic mass is 9.82. The fourth-order valence-corrected chi connectivity index (χ4v) is 3.71. The van der Waals surface area contributed by atoms with Crippen molar-refractivity contribution in [2.75, 3.05) is 18.4 Å². The summed E-state index contributed by atoms with van der Waals surface area (Å²) in [5, 5.41) is 15.3. The molecule has 0 aromatic heterocycles. The summed E-state index contributed by atoms with van der Waals surface area (Å²) >= 11 is 6.57. The molecule has 1 aromatic rings. The summed E-state index contributed by atoms with van der Waals surface area (Å²) in [5.41, 5.74) is -0.181. The molecule has 0 saturated carbocycles. The van der Waals surface area contributed by atoms with Crippen molar-refractivity contribution in [2.45, 2.75) is 19.8 Å². The van der Waals surface area contributed by atoms with Gasteiger partial charge in [0.15, 0.2) is 0 Å². The van der Waals surface area contributed by atoms with Crippen molar-refractivity contribution in [3.05, 3.63) is 26.6 Å². The van der Waals surface area contributed by atoms with E-state index in [1.807, 2.05) is 6.92 Å². The van der Waals surface area contributed by atoms with Gasteiger partial charge < -0.3 is 15.7 Å². The quantitative estimate of drug-likeness (QED) is 0.702. The molecule has 0 bridgehead atoms. The Bertz CT molecular complexity index is 584. The van der Waals surface area contributed by atoms with Gasteiger partial charge in [0.2, 0.25) is 5.91 Å². The molecule has 21 heavy (non-hydrogen) atoms. The molecule has 1 aliphatic heterocycles. The van der Waals surface area contributed by atoms with E-state index in [2.05, 4.69) is 42.5 Å². The maximum Gasteiger partial charge on any atom is 0.337 e. The van der Waals surface area contributed by atoms with Gasteiger partial charge in [-0.1, -0.05) is 15.9 Å². The van der Waals surface area contributed by atoms with Crippen LogP contribution in [0.2, 0.25) is 0 Å². The van der Waals surface area contributed by atoms with E-state index >= 15 is 0 Å². The molecule has 0 aliphatic carbocycles. The number of hydrogen-bond acceptors (Lipinski definition) is 3. The number of aromatic carboxylic acids is 1. The van der Waals surface area contributed by atoms with Gasteiger partial charge in [0.25, 0.3) is 0 Å². The van der Waals surface area contributed by atoms with Gasteiger partial charge in [-0.3, -0.25) is 4.79 Å². The van der Waals surface area contributed by atoms with Crippen molar-refractivity contribution in [3.8, 4) is 0 Å². The van der Waals surface area contributed by atoms with E-state index in [4.69, 9.17) is 0 Å². The van der Waals surface area contributed by atoms with E-state index in [0.29, 0.717) is 21.2 Å². The minimum Gasteiger partial charge on any atom is -0.478 e. The standard InChI is InChI=1S/C14H16Br2N2O3/c1-14(3-2-4-17-7-14)13(21)18-11-9(12(19)20)5-8(15)6-10(11)16/h5-6,17H,2-4,7H2,1H3,(H,18,21)(H,19,20). The van der Waals surface area contributed by atoms with Crippen LogP contribution in [0.4, 0.5) is 5.69 Å². The minimum atomic E-state index is -1.08. The first kappa shape index (κ1) is 16.5. The topological polar surface area (TPSA) is 78.4 Å². The Labute approximate surface area is 139 Å². The molecule has 1 amide bonds. The number of carbonyl (C=O) groups excluding carboxylic acids is 1. The van der Waals surface area contributed by atoms with E-state index in [1.165, 1.54) is 6.07 Å². The predicted octanol–water partition coefficient (Wildman–Crippen LogP) is 3.24. The number of nitrogens with one attached hydrogen (secondary N) is 2. The number of amides is 1. The largest absolute Gasteiger partial charge is 0.478 e. The van der Waals surface area contributed by atoms with Gasteiger partial charge in [0, 0.05) is 15.5 Å². The number of rotatable bonds is 3. The van der Waals surface area contributed by atoms with Crippen LogP contribution >= 0.6 is 31.9 Å². The van der Waals surface area contributed by atoms with Gasteiger partial charge >= 0.3 is 5.97 Å². The Hall–Kier alpha value is -0.920. The lowest BCUT2D eigenvalue weighted by Gasteiger charge is -2.32. The molecule has 7 heteroatoms. The lowest BCUT2D eigenvalue weighted by molar-refractivity contribution is -0.125. The summed E-state index contributed by atoms with van der Waals surface area (Å²) < 4.78 is 1.17. The van der Waals surface area contributed by atoms with Crippen LogP contribution in [0, 0.1) is 5.41 Å². The molecule has 1 heterocycles. The molecule has 0 spiro atoms. The highest BCUT2D eigenvalue weighted by Crippen LogP contribution is 2.33. The molecule has 5 nitrogen and oxygen atoms in total. The van der Waals surface area contributed by atoms with E-state index in [-0.39, 0.29) is 11.5 Å². The molecule has 2 rings (SSSR count). The smallest absolute Gasteiger partial charge is 0.337 e. The maximum atomic E-state index is 12.5. The Morgan fingerprint density at radius 2 is 2.10 bits per heavy atom. The Balaban J connectivity index is 2.30. The highest BCUT2D eigenvalue weighted by Gasteiger charge is 2.35. The second-order valence-corrected chi connectivity index (χ2v) is 7.18. The number of carboxylic acid groups (broad SMARTS) is 1. The molecular weight excluding hydrogens is 404 g/mol. The van der Waals surface area contributed by atoms with Crippen LogP contribution in [0.15, 0.2) is 21.1 Å². The molecule has 0 radical (unpaired) electrons. The fraction of sp³-hybridized carbons (Fsp3) is 0.429. The molecule has 1 saturated heterocycles. The van der Waals surface area contributed by atoms with Gasteiger partial charge in [-0.2, -0.15) is 0 Å². The monoisotopic (exact) mass is 418 g/mol. The minimum absolute atomic E-state index is 0.0527. The van der Waals surface area contributed by atoms with Crippen LogP contribution in [0.1, 0.15) is 30.1 Å². The van der Waals surface area contributed by atoms with E-state index in [9.17, 15) is 14.7 Å². The van der Waals surface area contributed by atoms with Crippen molar-refractivity contribution in [2.24, 2.45) is 5.41 Å². The molecule has 1 atom stereocenters. The number of anilines is 1. The second kappa shape index (κ2) is 6.46. The van der Waals surface area contributed by atoms with Crippen LogP contribution in [0.3, 0.4) is 0 Å². The van der Waals surface area contributed by atoms with Crippen LogP contribution in [0.5, 0.6) is 0 Å². The number of hydrogen-bond donors (Lipinski definition) is 3. The average molecular weight is 420 g/mol. The number of halogens is 2. The third-order valence-electron chi connectivity index (χ3n) is 3.67. The summed E-state index contributed by atoms with van der Waals surface area (Å²) in [4.78, 5) is 23.9. The van der Waals surface area contributed by atoms with Crippen LogP contribution < -0.4 is 10.6 Å². The third-order valence-corrected chi connectivity index (χ3v) is 4.75. The summed E-state index contributed by atoms with van der Waals surface area (Å²) in [6, 6.07) is 3.19. The maximum absolute atomic E-state index is 12.5. The van der Waals surface area contributed by atoms with Gasteiger partial charge in [-0.25, -0.2) is 4.79 Å². The fourth-order valence-electron chi connectivity index (χ4n) is 2.38. The van der Waals surface area contributed by atoms with Crippen LogP contribution in [-0.4, -0.2) is 30.1 Å². The van der Waals surface area contributed by atoms with Gasteiger partial charge in [0.05, 0.1) is 16.7 Å². The molecule has 3 N–H and O–H groups in total. The van der Waals surface area contributed by atoms with Crippen molar-refractivity contribution in [1.29, 1.82) is 0 Å². The normalized spacial score (nSPS) is 21.9. The Kier molecular flexibility index (Phi) is 5.06. The molecule has 114 valence electrons. The molecule has 1 unspecified atom stereocenters. The van der Waals surface area contributed by atoms with Crippen LogP contribution in [-0.2, 0) is 4.79 Å². The van der Waals surface area contributed by atoms with Gasteiger partial charge in [0.1, 0.15) is 0 Å². The average Bonchev–Trinajstić information content (AvgIpc) is 2.41. The molecule has 1 aromatic carbocycles.